The number of H-pyrrole nitrogens is 1. The summed E-state index contributed by atoms with van der Waals surface area (Å²) in [5.74, 6) is -19.8. The van der Waals surface area contributed by atoms with Gasteiger partial charge in [-0.2, -0.15) is 0 Å². The summed E-state index contributed by atoms with van der Waals surface area (Å²) in [6.45, 7) is 8.31. The van der Waals surface area contributed by atoms with Gasteiger partial charge in [-0.25, -0.2) is 4.98 Å². The Hall–Kier alpha value is -10.9. The number of aliphatic imine (C=N–C) groups is 1. The Morgan fingerprint density at radius 3 is 1.40 bits per heavy atom. The number of aromatic nitrogens is 2. The second-order valence-corrected chi connectivity index (χ2v) is 24.3. The highest BCUT2D eigenvalue weighted by atomic mass is 16.4. The molecule has 39 nitrogen and oxygen atoms in total. The number of aliphatic carboxylic acids is 3. The van der Waals surface area contributed by atoms with E-state index in [1.165, 1.54) is 12.5 Å². The number of carbonyl (C=O) groups excluding carboxylic acids is 13. The van der Waals surface area contributed by atoms with Crippen molar-refractivity contribution in [2.45, 2.75) is 204 Å². The van der Waals surface area contributed by atoms with Gasteiger partial charge in [-0.15, -0.1) is 0 Å². The third-order valence-electron chi connectivity index (χ3n) is 15.4. The van der Waals surface area contributed by atoms with Gasteiger partial charge in [0.15, 0.2) is 5.96 Å². The Kier molecular flexibility index (Phi) is 37.8. The van der Waals surface area contributed by atoms with Gasteiger partial charge in [-0.3, -0.25) is 81.7 Å². The molecule has 2 rings (SSSR count). The molecule has 13 atom stereocenters. The lowest BCUT2D eigenvalue weighted by atomic mass is 9.99. The maximum absolute atomic E-state index is 14.4. The number of hydrogen-bond donors (Lipinski definition) is 21. The van der Waals surface area contributed by atoms with E-state index < -0.39 is 218 Å². The monoisotopic (exact) mass is 1430 g/mol. The summed E-state index contributed by atoms with van der Waals surface area (Å²) in [7, 11) is 0. The van der Waals surface area contributed by atoms with Crippen LogP contribution in [0.3, 0.4) is 0 Å². The Bertz CT molecular complexity index is 3210. The Balaban J connectivity index is 2.43. The number of guanidine groups is 1. The van der Waals surface area contributed by atoms with E-state index in [0.717, 1.165) is 6.92 Å². The summed E-state index contributed by atoms with van der Waals surface area (Å²) >= 11 is 0. The van der Waals surface area contributed by atoms with Crippen LogP contribution in [0.15, 0.2) is 47.8 Å². The summed E-state index contributed by atoms with van der Waals surface area (Å²) in [5, 5.41) is 64.9. The third-order valence-corrected chi connectivity index (χ3v) is 15.4. The van der Waals surface area contributed by atoms with Gasteiger partial charge in [0.1, 0.15) is 66.5 Å². The number of primary amides is 2. The van der Waals surface area contributed by atoms with Crippen molar-refractivity contribution >= 4 is 101 Å². The topological polar surface area (TPSA) is 658 Å². The van der Waals surface area contributed by atoms with Crippen LogP contribution in [-0.2, 0) is 89.6 Å². The number of aliphatic hydroxyl groups is 1. The number of rotatable bonds is 48. The van der Waals surface area contributed by atoms with Crippen LogP contribution in [0, 0.1) is 11.8 Å². The number of aliphatic hydroxyl groups excluding tert-OH is 1. The fourth-order valence-corrected chi connectivity index (χ4v) is 9.63. The molecule has 0 radical (unpaired) electrons. The second-order valence-electron chi connectivity index (χ2n) is 24.3. The zero-order chi connectivity index (χ0) is 76.2. The van der Waals surface area contributed by atoms with Gasteiger partial charge in [0.05, 0.1) is 31.8 Å². The molecular weight excluding hydrogens is 1330 g/mol. The summed E-state index contributed by atoms with van der Waals surface area (Å²) in [6, 6.07) is -11.4. The average Bonchev–Trinajstić information content (AvgIpc) is 1.28. The van der Waals surface area contributed by atoms with Crippen molar-refractivity contribution in [3.05, 3.63) is 54.1 Å². The first-order chi connectivity index (χ1) is 47.5. The van der Waals surface area contributed by atoms with E-state index in [-0.39, 0.29) is 63.4 Å². The van der Waals surface area contributed by atoms with Gasteiger partial charge < -0.3 is 113 Å². The zero-order valence-corrected chi connectivity index (χ0v) is 57.0. The number of hydrogen-bond acceptors (Lipinski definition) is 20. The van der Waals surface area contributed by atoms with Crippen LogP contribution in [0.4, 0.5) is 0 Å². The standard InChI is InChI=1S/C62H97N19O20/c1-7-13-35(73-54(94)38(18-20-47(86)87)75-60(100)44(28-82)81-61(101)49(64)31(5)8-2)52(92)79-42(25-45(63)83)59(99)77-40(22-30(3)4)57(97)80-43(26-48(88)89)56(96)71-32(6)51(91)72-37(17-19-46(84)85)55(95)78-41(23-33-14-10-9-11-15-33)58(98)74-36(16-12-21-69-62(66)67)53(93)76-39(50(65)90)24-34-27-68-29-70-34/h9-11,14-15,27,29-32,35-44,49,82H,7-8,12-13,16-26,28,64H2,1-6H3,(H2,63,83)(H2,65,90)(H,68,70)(H,71,96)(H,72,91)(H,73,94)(H,74,98)(H,75,100)(H,76,93)(H,77,99)(H,78,95)(H,79,92)(H,80,97)(H,81,101)(H,84,85)(H,86,87)(H,88,89)(H4,66,67,69)/t31-,32-,35-,36-,37-,38-,39-,40-,41-,42-,43-,44-,49-/m0/s1. The quantitative estimate of drug-likeness (QED) is 0.0166. The molecule has 101 heavy (non-hydrogen) atoms. The average molecular weight is 1430 g/mol. The van der Waals surface area contributed by atoms with Gasteiger partial charge in [0, 0.05) is 44.1 Å². The van der Waals surface area contributed by atoms with E-state index >= 15 is 0 Å². The highest BCUT2D eigenvalue weighted by Gasteiger charge is 2.38. The Morgan fingerprint density at radius 2 is 0.931 bits per heavy atom. The molecule has 560 valence electrons. The predicted molar refractivity (Wildman–Crippen MR) is 357 cm³/mol. The molecule has 0 spiro atoms. The van der Waals surface area contributed by atoms with Crippen LogP contribution in [0.25, 0.3) is 0 Å². The Labute approximate surface area is 581 Å². The number of benzene rings is 1. The molecule has 0 saturated heterocycles. The van der Waals surface area contributed by atoms with Crippen LogP contribution < -0.4 is 87.2 Å². The van der Waals surface area contributed by atoms with Crippen LogP contribution in [0.1, 0.15) is 130 Å². The largest absolute Gasteiger partial charge is 0.481 e. The molecule has 0 fully saturated rings. The Morgan fingerprint density at radius 1 is 0.495 bits per heavy atom. The number of carboxylic acids is 3. The molecule has 26 N–H and O–H groups in total. The summed E-state index contributed by atoms with van der Waals surface area (Å²) in [5.41, 5.74) is 28.9. The van der Waals surface area contributed by atoms with Crippen LogP contribution in [0.5, 0.6) is 0 Å². The van der Waals surface area contributed by atoms with E-state index in [0.29, 0.717) is 17.7 Å². The number of imidazole rings is 1. The lowest BCUT2D eigenvalue weighted by Gasteiger charge is -2.28. The van der Waals surface area contributed by atoms with Crippen LogP contribution >= 0.6 is 0 Å². The van der Waals surface area contributed by atoms with Crippen LogP contribution in [0.2, 0.25) is 0 Å². The van der Waals surface area contributed by atoms with Crippen molar-refractivity contribution < 1.29 is 97.1 Å². The zero-order valence-electron chi connectivity index (χ0n) is 57.0. The lowest BCUT2D eigenvalue weighted by Crippen LogP contribution is -2.61. The number of nitrogens with one attached hydrogen (secondary N) is 12. The highest BCUT2D eigenvalue weighted by molar-refractivity contribution is 6.01. The third kappa shape index (κ3) is 32.6. The minimum atomic E-state index is -2.04. The van der Waals surface area contributed by atoms with Crippen molar-refractivity contribution in [1.82, 2.24) is 68.5 Å². The van der Waals surface area contributed by atoms with Crippen LogP contribution in [-0.4, -0.2) is 217 Å². The van der Waals surface area contributed by atoms with E-state index in [2.05, 4.69) is 73.4 Å². The number of nitrogens with two attached hydrogens (primary N) is 5. The highest BCUT2D eigenvalue weighted by Crippen LogP contribution is 2.13. The minimum absolute atomic E-state index is 0.00977. The summed E-state index contributed by atoms with van der Waals surface area (Å²) in [4.78, 5) is 224. The van der Waals surface area contributed by atoms with Crippen molar-refractivity contribution in [3.8, 4) is 0 Å². The first-order valence-electron chi connectivity index (χ1n) is 32.5. The van der Waals surface area contributed by atoms with Crippen molar-refractivity contribution in [1.29, 1.82) is 0 Å². The smallest absolute Gasteiger partial charge is 0.305 e. The van der Waals surface area contributed by atoms with E-state index in [9.17, 15) is 97.1 Å². The molecule has 0 bridgehead atoms. The number of carboxylic acid groups (broad SMARTS) is 3. The van der Waals surface area contributed by atoms with Gasteiger partial charge in [0.25, 0.3) is 0 Å². The molecule has 0 aliphatic carbocycles. The maximum Gasteiger partial charge on any atom is 0.305 e. The van der Waals surface area contributed by atoms with Crippen molar-refractivity contribution in [2.75, 3.05) is 13.2 Å². The van der Waals surface area contributed by atoms with E-state index in [4.69, 9.17) is 28.7 Å². The maximum atomic E-state index is 14.4. The van der Waals surface area contributed by atoms with Crippen molar-refractivity contribution in [2.24, 2.45) is 45.5 Å². The lowest BCUT2D eigenvalue weighted by molar-refractivity contribution is -0.142. The van der Waals surface area contributed by atoms with Gasteiger partial charge in [-0.05, 0) is 62.8 Å². The van der Waals surface area contributed by atoms with E-state index in [1.807, 2.05) is 0 Å². The molecule has 39 heteroatoms. The molecule has 1 aromatic carbocycles. The molecule has 13 amide bonds. The predicted octanol–water partition coefficient (Wildman–Crippen LogP) is -6.62. The van der Waals surface area contributed by atoms with Gasteiger partial charge in [-0.1, -0.05) is 77.8 Å². The van der Waals surface area contributed by atoms with Gasteiger partial charge in [0.2, 0.25) is 76.8 Å². The minimum Gasteiger partial charge on any atom is -0.481 e. The van der Waals surface area contributed by atoms with Gasteiger partial charge >= 0.3 is 17.9 Å². The molecule has 2 aromatic rings. The number of amides is 13. The molecule has 0 aliphatic rings. The summed E-state index contributed by atoms with van der Waals surface area (Å²) < 4.78 is 0. The van der Waals surface area contributed by atoms with E-state index in [1.54, 1.807) is 65.0 Å². The van der Waals surface area contributed by atoms with Crippen molar-refractivity contribution in [3.63, 3.8) is 0 Å². The molecular formula is C62H97N19O20. The molecule has 0 saturated carbocycles. The molecule has 0 unspecified atom stereocenters. The fraction of sp³-hybridized carbons (Fsp3) is 0.581. The normalized spacial score (nSPS) is 14.9. The molecule has 0 aliphatic heterocycles. The summed E-state index contributed by atoms with van der Waals surface area (Å²) in [6.07, 6.45) is -2.23. The SMILES string of the molecule is CCC[C@H](NC(=O)[C@H](CCC(=O)O)NC(=O)[C@H](CO)NC(=O)[C@@H](N)[C@@H](C)CC)C(=O)N[C@@H](CC(N)=O)C(=O)N[C@@H](CC(C)C)C(=O)N[C@@H](CC(=O)O)C(=O)N[C@@H](C)C(=O)N[C@@H](CCC(=O)O)C(=O)N[C@@H](Cc1ccccc1)C(=O)N[C@@H](CCCN=C(N)N)C(=O)N[C@@H](Cc1cnc[nH]1)C(N)=O. The molecule has 1 heterocycles. The number of carbonyl (C=O) groups is 16. The fourth-order valence-electron chi connectivity index (χ4n) is 9.63. The first kappa shape index (κ1) is 86.2. The number of aromatic amines is 1. The first-order valence-corrected chi connectivity index (χ1v) is 32.5. The number of nitrogens with zero attached hydrogens (tertiary/aromatic N) is 2. The molecule has 1 aromatic heterocycles. The second kappa shape index (κ2) is 44.2.